The van der Waals surface area contributed by atoms with E-state index in [0.717, 1.165) is 32.7 Å². The van der Waals surface area contributed by atoms with Gasteiger partial charge in [-0.25, -0.2) is 9.59 Å². The molecule has 28 heteroatoms. The molecule has 6 unspecified atom stereocenters. The first-order valence-corrected chi connectivity index (χ1v) is 24.3. The lowest BCUT2D eigenvalue weighted by atomic mass is 10.0. The lowest BCUT2D eigenvalue weighted by molar-refractivity contribution is -0.143. The second-order valence-corrected chi connectivity index (χ2v) is 18.1. The molecular weight excluding hydrogens is 965 g/mol. The van der Waals surface area contributed by atoms with Crippen LogP contribution < -0.4 is 54.0 Å². The first-order chi connectivity index (χ1) is 33.2. The Morgan fingerprint density at radius 2 is 0.814 bits per heavy atom. The lowest BCUT2D eigenvalue weighted by Gasteiger charge is -2.23. The molecule has 26 nitrogen and oxygen atoms in total. The zero-order chi connectivity index (χ0) is 52.2. The van der Waals surface area contributed by atoms with Crippen molar-refractivity contribution in [2.45, 2.75) is 100 Å². The number of amides is 8. The van der Waals surface area contributed by atoms with Crippen molar-refractivity contribution >= 4 is 92.7 Å². The zero-order valence-corrected chi connectivity index (χ0v) is 39.5. The molecule has 0 aromatic carbocycles. The van der Waals surface area contributed by atoms with E-state index in [1.165, 1.54) is 0 Å². The maximum Gasteiger partial charge on any atom is 0.326 e. The van der Waals surface area contributed by atoms with Crippen LogP contribution in [0.25, 0.3) is 0 Å². The highest BCUT2D eigenvalue weighted by Crippen LogP contribution is 2.24. The number of carbonyl (C=O) groups excluding carboxylic acids is 8. The average molecular weight is 1030 g/mol. The van der Waals surface area contributed by atoms with Crippen LogP contribution >= 0.6 is 21.6 Å². The van der Waals surface area contributed by atoms with Crippen LogP contribution in [-0.4, -0.2) is 165 Å². The summed E-state index contributed by atoms with van der Waals surface area (Å²) in [6, 6.07) is -8.51. The number of hydrogen-bond acceptors (Lipinski definition) is 16. The minimum absolute atomic E-state index is 0.00251. The Bertz CT molecular complexity index is 1920. The molecule has 6 atom stereocenters. The molecule has 0 radical (unpaired) electrons. The van der Waals surface area contributed by atoms with E-state index in [9.17, 15) is 67.7 Å². The molecule has 0 aromatic rings. The van der Waals surface area contributed by atoms with E-state index in [-0.39, 0.29) is 50.3 Å². The Morgan fingerprint density at radius 1 is 0.471 bits per heavy atom. The number of nitrogens with two attached hydrogens (primary N) is 2. The Balaban J connectivity index is 2.10. The summed E-state index contributed by atoms with van der Waals surface area (Å²) in [5.41, 5.74) is 12.5. The third kappa shape index (κ3) is 24.0. The molecule has 0 saturated carbocycles. The number of carboxylic acid groups (broad SMARTS) is 4. The fourth-order valence-electron chi connectivity index (χ4n) is 6.34. The molecule has 2 rings (SSSR count). The van der Waals surface area contributed by atoms with Gasteiger partial charge in [-0.15, -0.1) is 0 Å². The van der Waals surface area contributed by atoms with Crippen molar-refractivity contribution in [3.05, 3.63) is 47.6 Å². The third-order valence-corrected chi connectivity index (χ3v) is 12.3. The number of aliphatic carboxylic acids is 4. The highest BCUT2D eigenvalue weighted by molar-refractivity contribution is 8.76. The van der Waals surface area contributed by atoms with Crippen LogP contribution in [0, 0.1) is 0 Å². The second-order valence-electron chi connectivity index (χ2n) is 15.5. The van der Waals surface area contributed by atoms with Gasteiger partial charge in [0.05, 0.1) is 0 Å². The minimum Gasteiger partial charge on any atom is -0.480 e. The summed E-state index contributed by atoms with van der Waals surface area (Å²) in [6.07, 6.45) is 9.53. The molecule has 0 fully saturated rings. The number of hydrogen-bond donors (Lipinski definition) is 14. The van der Waals surface area contributed by atoms with E-state index in [0.29, 0.717) is 12.8 Å². The maximum atomic E-state index is 13.2. The van der Waals surface area contributed by atoms with Crippen LogP contribution in [0.4, 0.5) is 0 Å². The molecular formula is C42H60N10O16S2. The lowest BCUT2D eigenvalue weighted by Crippen LogP contribution is -2.52. The van der Waals surface area contributed by atoms with Crippen molar-refractivity contribution in [2.24, 2.45) is 11.5 Å². The SMILES string of the molecule is NCCC(=O)NC(CC1=CC=CC1)C(=O)NC(CCC(=O)NC(CSSCC(NC(=O)CCC(NC(=O)C(CC1=CC=CC1)NC(=O)CCN)C(=O)O)C(=O)NCC(=O)O)C(=O)NCC(=O)O)C(=O)O. The summed E-state index contributed by atoms with van der Waals surface area (Å²) in [4.78, 5) is 150. The summed E-state index contributed by atoms with van der Waals surface area (Å²) >= 11 is 0. The van der Waals surface area contributed by atoms with E-state index in [1.54, 1.807) is 24.3 Å². The molecule has 0 aliphatic heterocycles. The first kappa shape index (κ1) is 59.3. The van der Waals surface area contributed by atoms with Crippen LogP contribution in [0.3, 0.4) is 0 Å². The smallest absolute Gasteiger partial charge is 0.326 e. The van der Waals surface area contributed by atoms with Crippen molar-refractivity contribution in [1.29, 1.82) is 0 Å². The van der Waals surface area contributed by atoms with E-state index in [4.69, 9.17) is 21.7 Å². The first-order valence-electron chi connectivity index (χ1n) is 21.8. The third-order valence-electron chi connectivity index (χ3n) is 9.91. The van der Waals surface area contributed by atoms with Crippen molar-refractivity contribution < 1.29 is 78.0 Å². The average Bonchev–Trinajstić information content (AvgIpc) is 4.02. The number of carboxylic acids is 4. The Labute approximate surface area is 409 Å². The van der Waals surface area contributed by atoms with Crippen molar-refractivity contribution in [3.63, 3.8) is 0 Å². The largest absolute Gasteiger partial charge is 0.480 e. The van der Waals surface area contributed by atoms with Gasteiger partial charge >= 0.3 is 23.9 Å². The molecule has 0 saturated heterocycles. The summed E-state index contributed by atoms with van der Waals surface area (Å²) in [5, 5.41) is 56.6. The van der Waals surface area contributed by atoms with E-state index in [1.807, 2.05) is 12.2 Å². The molecule has 0 bridgehead atoms. The Kier molecular flexibility index (Phi) is 27.2. The van der Waals surface area contributed by atoms with Crippen LogP contribution in [0.15, 0.2) is 47.6 Å². The van der Waals surface area contributed by atoms with Crippen LogP contribution in [0.5, 0.6) is 0 Å². The molecule has 386 valence electrons. The zero-order valence-electron chi connectivity index (χ0n) is 37.9. The van der Waals surface area contributed by atoms with E-state index < -0.39 is 146 Å². The standard InChI is InChI=1S/C42H60N10O16S2/c43-15-13-33(55)47-27(17-23-5-1-2-6-23)39(63)51-25(41(65)66)9-11-31(53)49-29(37(61)45-19-35(57)58)21-69-70-22-30(38(62)46-20-36(59)60)50-32(54)12-10-26(42(67)68)52-40(64)28(48-34(56)14-16-44)18-24-7-3-4-8-24/h1-5,7,25-30H,6,8-22,43-44H2,(H,45,61)(H,46,62)(H,47,55)(H,48,56)(H,49,53)(H,50,54)(H,51,63)(H,52,64)(H,57,58)(H,59,60)(H,65,66)(H,67,68). The summed E-state index contributed by atoms with van der Waals surface area (Å²) in [5.74, 6) is -13.0. The normalized spacial score (nSPS) is 15.0. The van der Waals surface area contributed by atoms with Gasteiger partial charge in [0.2, 0.25) is 47.3 Å². The molecule has 0 aromatic heterocycles. The maximum absolute atomic E-state index is 13.2. The van der Waals surface area contributed by atoms with Gasteiger partial charge in [0.15, 0.2) is 0 Å². The highest BCUT2D eigenvalue weighted by Gasteiger charge is 2.31. The van der Waals surface area contributed by atoms with Crippen molar-refractivity contribution in [1.82, 2.24) is 42.5 Å². The monoisotopic (exact) mass is 1020 g/mol. The van der Waals surface area contributed by atoms with Gasteiger partial charge in [0, 0.05) is 50.3 Å². The number of nitrogens with one attached hydrogen (secondary N) is 8. The second kappa shape index (κ2) is 32.1. The van der Waals surface area contributed by atoms with E-state index >= 15 is 0 Å². The number of rotatable bonds is 35. The fraction of sp³-hybridized carbons (Fsp3) is 0.524. The van der Waals surface area contributed by atoms with Gasteiger partial charge in [-0.1, -0.05) is 69.2 Å². The Morgan fingerprint density at radius 3 is 1.11 bits per heavy atom. The molecule has 0 heterocycles. The van der Waals surface area contributed by atoms with Gasteiger partial charge in [-0.2, -0.15) is 0 Å². The highest BCUT2D eigenvalue weighted by atomic mass is 33.1. The van der Waals surface area contributed by atoms with Gasteiger partial charge in [0.25, 0.3) is 0 Å². The molecule has 8 amide bonds. The minimum atomic E-state index is -1.63. The molecule has 16 N–H and O–H groups in total. The Hall–Kier alpha value is -6.78. The summed E-state index contributed by atoms with van der Waals surface area (Å²) in [6.45, 7) is -1.70. The van der Waals surface area contributed by atoms with Crippen LogP contribution in [0.2, 0.25) is 0 Å². The summed E-state index contributed by atoms with van der Waals surface area (Å²) in [7, 11) is 1.70. The van der Waals surface area contributed by atoms with Gasteiger partial charge in [-0.05, 0) is 38.5 Å². The van der Waals surface area contributed by atoms with Gasteiger partial charge < -0.3 is 74.4 Å². The van der Waals surface area contributed by atoms with Crippen molar-refractivity contribution in [2.75, 3.05) is 37.7 Å². The van der Waals surface area contributed by atoms with Gasteiger partial charge in [0.1, 0.15) is 49.3 Å². The topological polar surface area (TPSA) is 434 Å². The van der Waals surface area contributed by atoms with Crippen LogP contribution in [-0.2, 0) is 57.5 Å². The predicted octanol–water partition coefficient (Wildman–Crippen LogP) is -3.34. The number of carbonyl (C=O) groups is 12. The molecule has 70 heavy (non-hydrogen) atoms. The predicted molar refractivity (Wildman–Crippen MR) is 252 cm³/mol. The fourth-order valence-corrected chi connectivity index (χ4v) is 8.67. The number of allylic oxidation sites excluding steroid dienone is 6. The quantitative estimate of drug-likeness (QED) is 0.0218. The van der Waals surface area contributed by atoms with Gasteiger partial charge in [-0.3, -0.25) is 47.9 Å². The van der Waals surface area contributed by atoms with E-state index in [2.05, 4.69) is 42.5 Å². The molecule has 0 spiro atoms. The van der Waals surface area contributed by atoms with Crippen LogP contribution in [0.1, 0.15) is 64.2 Å². The summed E-state index contributed by atoms with van der Waals surface area (Å²) < 4.78 is 0. The van der Waals surface area contributed by atoms with Crippen molar-refractivity contribution in [3.8, 4) is 0 Å². The molecule has 2 aliphatic rings. The molecule has 2 aliphatic carbocycles.